The summed E-state index contributed by atoms with van der Waals surface area (Å²) < 4.78 is 0. The van der Waals surface area contributed by atoms with Crippen LogP contribution in [0.4, 0.5) is 0 Å². The smallest absolute Gasteiger partial charge is 0.239 e. The molecule has 4 nitrogen and oxygen atoms in total. The molecule has 1 amide bonds. The van der Waals surface area contributed by atoms with Gasteiger partial charge in [0, 0.05) is 38.3 Å². The van der Waals surface area contributed by atoms with E-state index in [1.807, 2.05) is 30.1 Å². The third-order valence-corrected chi connectivity index (χ3v) is 4.12. The van der Waals surface area contributed by atoms with Gasteiger partial charge in [-0.1, -0.05) is 50.3 Å². The van der Waals surface area contributed by atoms with Crippen molar-refractivity contribution in [2.24, 2.45) is 4.99 Å². The van der Waals surface area contributed by atoms with Crippen LogP contribution in [0.5, 0.6) is 0 Å². The van der Waals surface area contributed by atoms with Crippen LogP contribution < -0.4 is 5.32 Å². The second kappa shape index (κ2) is 9.38. The van der Waals surface area contributed by atoms with Gasteiger partial charge in [-0.3, -0.25) is 9.79 Å². The van der Waals surface area contributed by atoms with Gasteiger partial charge in [-0.25, -0.2) is 0 Å². The van der Waals surface area contributed by atoms with Gasteiger partial charge in [0.25, 0.3) is 0 Å². The monoisotopic (exact) mass is 327 g/mol. The van der Waals surface area contributed by atoms with E-state index in [9.17, 15) is 4.79 Å². The zero-order chi connectivity index (χ0) is 17.4. The topological polar surface area (TPSA) is 44.7 Å². The summed E-state index contributed by atoms with van der Waals surface area (Å²) in [6.45, 7) is 5.72. The molecule has 1 atom stereocenters. The Morgan fingerprint density at radius 1 is 1.29 bits per heavy atom. The largest absolute Gasteiger partial charge is 0.344 e. The van der Waals surface area contributed by atoms with Gasteiger partial charge >= 0.3 is 0 Å². The Morgan fingerprint density at radius 2 is 2.04 bits per heavy atom. The molecule has 1 aromatic carbocycles. The highest BCUT2D eigenvalue weighted by atomic mass is 16.2. The molecular formula is C20H29N3O. The van der Waals surface area contributed by atoms with E-state index in [-0.39, 0.29) is 18.0 Å². The number of hydrogen-bond acceptors (Lipinski definition) is 3. The number of hydrogen-bond donors (Lipinski definition) is 1. The lowest BCUT2D eigenvalue weighted by Gasteiger charge is -2.26. The standard InChI is InChI=1S/C20H29N3O/c1-16(2)22-19(15-17-9-5-4-6-10-17)20(24)23(3)14-12-18-11-7-8-13-21-18/h4-7,9-11,16,19,22H,8,12-15H2,1-3H3/t19-/m0/s1. The van der Waals surface area contributed by atoms with E-state index in [0.29, 0.717) is 13.0 Å². The summed E-state index contributed by atoms with van der Waals surface area (Å²) >= 11 is 0. The number of likely N-dealkylation sites (N-methyl/N-ethyl adjacent to an activating group) is 1. The first-order valence-corrected chi connectivity index (χ1v) is 8.81. The molecule has 0 fully saturated rings. The molecule has 2 rings (SSSR count). The average molecular weight is 327 g/mol. The Labute approximate surface area is 145 Å². The Morgan fingerprint density at radius 3 is 2.67 bits per heavy atom. The van der Waals surface area contributed by atoms with Crippen LogP contribution in [-0.4, -0.2) is 48.7 Å². The third-order valence-electron chi connectivity index (χ3n) is 4.12. The van der Waals surface area contributed by atoms with Gasteiger partial charge in [-0.05, 0) is 24.5 Å². The van der Waals surface area contributed by atoms with E-state index < -0.39 is 0 Å². The summed E-state index contributed by atoms with van der Waals surface area (Å²) in [5, 5.41) is 3.41. The molecule has 0 aliphatic carbocycles. The molecule has 0 spiro atoms. The molecule has 0 unspecified atom stereocenters. The first-order valence-electron chi connectivity index (χ1n) is 8.81. The van der Waals surface area contributed by atoms with Gasteiger partial charge in [0.05, 0.1) is 6.04 Å². The highest BCUT2D eigenvalue weighted by molar-refractivity contribution is 5.95. The summed E-state index contributed by atoms with van der Waals surface area (Å²) in [5.41, 5.74) is 2.27. The summed E-state index contributed by atoms with van der Waals surface area (Å²) in [7, 11) is 1.88. The highest BCUT2D eigenvalue weighted by Crippen LogP contribution is 2.08. The molecule has 1 aliphatic rings. The van der Waals surface area contributed by atoms with Crippen LogP contribution in [0.2, 0.25) is 0 Å². The van der Waals surface area contributed by atoms with Gasteiger partial charge in [-0.2, -0.15) is 0 Å². The number of nitrogens with one attached hydrogen (secondary N) is 1. The Balaban J connectivity index is 1.95. The minimum absolute atomic E-state index is 0.146. The van der Waals surface area contributed by atoms with Crippen LogP contribution in [-0.2, 0) is 11.2 Å². The average Bonchev–Trinajstić information content (AvgIpc) is 2.60. The quantitative estimate of drug-likeness (QED) is 0.798. The molecule has 0 bridgehead atoms. The molecule has 0 saturated heterocycles. The molecule has 4 heteroatoms. The maximum absolute atomic E-state index is 12.9. The Bertz CT molecular complexity index is 578. The molecule has 130 valence electrons. The minimum atomic E-state index is -0.193. The number of carbonyl (C=O) groups excluding carboxylic acids is 1. The van der Waals surface area contributed by atoms with Gasteiger partial charge in [0.15, 0.2) is 0 Å². The van der Waals surface area contributed by atoms with Crippen LogP contribution in [0.15, 0.2) is 47.5 Å². The number of dihydropyridines is 1. The Hall–Kier alpha value is -1.94. The molecule has 0 radical (unpaired) electrons. The van der Waals surface area contributed by atoms with Gasteiger partial charge in [0.1, 0.15) is 0 Å². The van der Waals surface area contributed by atoms with Crippen molar-refractivity contribution < 1.29 is 4.79 Å². The van der Waals surface area contributed by atoms with E-state index in [2.05, 4.69) is 48.4 Å². The molecule has 1 aliphatic heterocycles. The number of carbonyl (C=O) groups is 1. The number of amides is 1. The lowest BCUT2D eigenvalue weighted by molar-refractivity contribution is -0.132. The van der Waals surface area contributed by atoms with Crippen LogP contribution >= 0.6 is 0 Å². The van der Waals surface area contributed by atoms with Crippen molar-refractivity contribution in [3.05, 3.63) is 48.0 Å². The fourth-order valence-electron chi connectivity index (χ4n) is 2.85. The van der Waals surface area contributed by atoms with Crippen molar-refractivity contribution in [3.63, 3.8) is 0 Å². The second-order valence-corrected chi connectivity index (χ2v) is 6.64. The van der Waals surface area contributed by atoms with Crippen molar-refractivity contribution in [1.29, 1.82) is 0 Å². The molecular weight excluding hydrogens is 298 g/mol. The van der Waals surface area contributed by atoms with Crippen LogP contribution in [0, 0.1) is 0 Å². The number of benzene rings is 1. The van der Waals surface area contributed by atoms with E-state index in [1.165, 1.54) is 5.56 Å². The first-order chi connectivity index (χ1) is 11.6. The molecule has 24 heavy (non-hydrogen) atoms. The second-order valence-electron chi connectivity index (χ2n) is 6.64. The lowest BCUT2D eigenvalue weighted by atomic mass is 10.0. The third kappa shape index (κ3) is 5.93. The zero-order valence-electron chi connectivity index (χ0n) is 15.0. The van der Waals surface area contributed by atoms with E-state index >= 15 is 0 Å². The molecule has 1 N–H and O–H groups in total. The first kappa shape index (κ1) is 18.4. The number of aliphatic imine (C=N–C) groups is 1. The van der Waals surface area contributed by atoms with E-state index in [1.54, 1.807) is 0 Å². The van der Waals surface area contributed by atoms with Crippen molar-refractivity contribution in [2.75, 3.05) is 20.1 Å². The zero-order valence-corrected chi connectivity index (χ0v) is 15.0. The normalized spacial score (nSPS) is 15.2. The fraction of sp³-hybridized carbons (Fsp3) is 0.500. The van der Waals surface area contributed by atoms with Gasteiger partial charge < -0.3 is 10.2 Å². The van der Waals surface area contributed by atoms with Crippen molar-refractivity contribution in [3.8, 4) is 0 Å². The highest BCUT2D eigenvalue weighted by Gasteiger charge is 2.23. The molecule has 1 aromatic rings. The SMILES string of the molecule is CC(C)N[C@@H](Cc1ccccc1)C(=O)N(C)CCC1=NCCC=C1. The predicted molar refractivity (Wildman–Crippen MR) is 101 cm³/mol. The van der Waals surface area contributed by atoms with Crippen LogP contribution in [0.25, 0.3) is 0 Å². The van der Waals surface area contributed by atoms with E-state index in [0.717, 1.165) is 25.1 Å². The molecule has 0 aromatic heterocycles. The van der Waals surface area contributed by atoms with Gasteiger partial charge in [-0.15, -0.1) is 0 Å². The maximum Gasteiger partial charge on any atom is 0.239 e. The maximum atomic E-state index is 12.9. The van der Waals surface area contributed by atoms with Crippen molar-refractivity contribution >= 4 is 11.6 Å². The van der Waals surface area contributed by atoms with Crippen LogP contribution in [0.1, 0.15) is 32.3 Å². The summed E-state index contributed by atoms with van der Waals surface area (Å²) in [4.78, 5) is 19.2. The molecule has 1 heterocycles. The molecule has 0 saturated carbocycles. The number of rotatable bonds is 8. The summed E-state index contributed by atoms with van der Waals surface area (Å²) in [5.74, 6) is 0.146. The van der Waals surface area contributed by atoms with Crippen molar-refractivity contribution in [2.45, 2.75) is 45.2 Å². The number of nitrogens with zero attached hydrogens (tertiary/aromatic N) is 2. The predicted octanol–water partition coefficient (Wildman–Crippen LogP) is 2.85. The lowest BCUT2D eigenvalue weighted by Crippen LogP contribution is -2.49. The summed E-state index contributed by atoms with van der Waals surface area (Å²) in [6, 6.07) is 10.3. The van der Waals surface area contributed by atoms with Crippen molar-refractivity contribution in [1.82, 2.24) is 10.2 Å². The van der Waals surface area contributed by atoms with Gasteiger partial charge in [0.2, 0.25) is 5.91 Å². The van der Waals surface area contributed by atoms with Crippen LogP contribution in [0.3, 0.4) is 0 Å². The summed E-state index contributed by atoms with van der Waals surface area (Å²) in [6.07, 6.45) is 6.79. The fourth-order valence-corrected chi connectivity index (χ4v) is 2.85. The number of allylic oxidation sites excluding steroid dienone is 1. The van der Waals surface area contributed by atoms with E-state index in [4.69, 9.17) is 0 Å². The minimum Gasteiger partial charge on any atom is -0.344 e. The Kier molecular flexibility index (Phi) is 7.19.